The van der Waals surface area contributed by atoms with E-state index < -0.39 is 0 Å². The molecule has 0 saturated heterocycles. The van der Waals surface area contributed by atoms with E-state index in [0.717, 1.165) is 13.0 Å². The van der Waals surface area contributed by atoms with Crippen LogP contribution in [0.5, 0.6) is 0 Å². The van der Waals surface area contributed by atoms with E-state index in [-0.39, 0.29) is 6.04 Å². The molecule has 0 aliphatic rings. The van der Waals surface area contributed by atoms with Crippen LogP contribution in [0.15, 0.2) is 0 Å². The van der Waals surface area contributed by atoms with Crippen molar-refractivity contribution in [2.24, 2.45) is 0 Å². The Balaban J connectivity index is 3.65. The molecule has 0 aromatic carbocycles. The first-order chi connectivity index (χ1) is 9.70. The molecule has 1 N–H and O–H groups in total. The monoisotopic (exact) mass is 321 g/mol. The second kappa shape index (κ2) is 15.5. The lowest BCUT2D eigenvalue weighted by Gasteiger charge is -2.18. The summed E-state index contributed by atoms with van der Waals surface area (Å²) >= 11 is 9.15. The van der Waals surface area contributed by atoms with Crippen LogP contribution in [0.25, 0.3) is 0 Å². The van der Waals surface area contributed by atoms with Gasteiger partial charge in [-0.3, -0.25) is 0 Å². The van der Waals surface area contributed by atoms with Crippen molar-refractivity contribution in [2.45, 2.75) is 64.8 Å². The second-order valence-corrected chi connectivity index (χ2v) is 6.13. The highest BCUT2D eigenvalue weighted by Crippen LogP contribution is 2.09. The minimum atomic E-state index is 0.271. The Morgan fingerprint density at radius 1 is 1.05 bits per heavy atom. The quantitative estimate of drug-likeness (QED) is 0.288. The first-order valence-electron chi connectivity index (χ1n) is 7.85. The van der Waals surface area contributed by atoms with Crippen molar-refractivity contribution in [1.29, 1.82) is 0 Å². The molecule has 0 aliphatic carbocycles. The molecule has 0 amide bonds. The SMILES string of the molecule is CCCCCCCCC(COCCOCC)NC(=S)S. The van der Waals surface area contributed by atoms with Crippen LogP contribution in [0.1, 0.15) is 58.8 Å². The summed E-state index contributed by atoms with van der Waals surface area (Å²) in [5.41, 5.74) is 0. The van der Waals surface area contributed by atoms with Gasteiger partial charge in [0.05, 0.1) is 25.9 Å². The number of unbranched alkanes of at least 4 members (excludes halogenated alkanes) is 5. The second-order valence-electron chi connectivity index (χ2n) is 4.97. The Kier molecular flexibility index (Phi) is 15.7. The van der Waals surface area contributed by atoms with Crippen molar-refractivity contribution in [3.8, 4) is 0 Å². The summed E-state index contributed by atoms with van der Waals surface area (Å²) < 4.78 is 11.4. The third-order valence-corrected chi connectivity index (χ3v) is 3.38. The van der Waals surface area contributed by atoms with Gasteiger partial charge in [0, 0.05) is 6.61 Å². The highest BCUT2D eigenvalue weighted by Gasteiger charge is 2.08. The van der Waals surface area contributed by atoms with Gasteiger partial charge in [0.1, 0.15) is 4.32 Å². The zero-order valence-corrected chi connectivity index (χ0v) is 14.7. The van der Waals surface area contributed by atoms with E-state index in [1.165, 1.54) is 38.5 Å². The Hall–Kier alpha value is 0.160. The molecule has 1 atom stereocenters. The first kappa shape index (κ1) is 20.2. The Labute approximate surface area is 135 Å². The van der Waals surface area contributed by atoms with Crippen LogP contribution in [0, 0.1) is 0 Å². The van der Waals surface area contributed by atoms with Crippen molar-refractivity contribution in [3.63, 3.8) is 0 Å². The average Bonchev–Trinajstić information content (AvgIpc) is 2.41. The third-order valence-electron chi connectivity index (χ3n) is 3.13. The molecule has 0 aliphatic heterocycles. The molecule has 0 rings (SSSR count). The van der Waals surface area contributed by atoms with Crippen molar-refractivity contribution in [3.05, 3.63) is 0 Å². The Morgan fingerprint density at radius 3 is 2.35 bits per heavy atom. The van der Waals surface area contributed by atoms with Gasteiger partial charge < -0.3 is 14.8 Å². The molecule has 0 aromatic rings. The van der Waals surface area contributed by atoms with Gasteiger partial charge in [0.25, 0.3) is 0 Å². The topological polar surface area (TPSA) is 30.5 Å². The molecule has 120 valence electrons. The molecular formula is C15H31NO2S2. The molecule has 0 fully saturated rings. The van der Waals surface area contributed by atoms with Gasteiger partial charge in [-0.1, -0.05) is 57.7 Å². The molecule has 3 nitrogen and oxygen atoms in total. The Bertz CT molecular complexity index is 228. The van der Waals surface area contributed by atoms with Crippen molar-refractivity contribution >= 4 is 29.2 Å². The van der Waals surface area contributed by atoms with Crippen LogP contribution in [0.3, 0.4) is 0 Å². The summed E-state index contributed by atoms with van der Waals surface area (Å²) in [5, 5.41) is 3.20. The third kappa shape index (κ3) is 14.6. The van der Waals surface area contributed by atoms with Gasteiger partial charge in [-0.25, -0.2) is 0 Å². The van der Waals surface area contributed by atoms with Gasteiger partial charge in [-0.05, 0) is 13.3 Å². The number of ether oxygens (including phenoxy) is 2. The number of nitrogens with one attached hydrogen (secondary N) is 1. The molecule has 0 aromatic heterocycles. The first-order valence-corrected chi connectivity index (χ1v) is 8.71. The lowest BCUT2D eigenvalue weighted by atomic mass is 10.1. The molecule has 5 heteroatoms. The minimum absolute atomic E-state index is 0.271. The summed E-state index contributed by atoms with van der Waals surface area (Å²) in [6.07, 6.45) is 8.92. The van der Waals surface area contributed by atoms with Gasteiger partial charge in [0.2, 0.25) is 0 Å². The number of thiol groups is 1. The van der Waals surface area contributed by atoms with Crippen molar-refractivity contribution in [1.82, 2.24) is 5.32 Å². The van der Waals surface area contributed by atoms with Gasteiger partial charge in [-0.2, -0.15) is 0 Å². The van der Waals surface area contributed by atoms with E-state index in [4.69, 9.17) is 21.7 Å². The predicted octanol–water partition coefficient (Wildman–Crippen LogP) is 3.96. The van der Waals surface area contributed by atoms with Crippen molar-refractivity contribution in [2.75, 3.05) is 26.4 Å². The molecule has 0 spiro atoms. The molecule has 0 saturated carbocycles. The minimum Gasteiger partial charge on any atom is -0.379 e. The maximum atomic E-state index is 5.61. The maximum Gasteiger partial charge on any atom is 0.130 e. The lowest BCUT2D eigenvalue weighted by Crippen LogP contribution is -2.35. The lowest BCUT2D eigenvalue weighted by molar-refractivity contribution is 0.0445. The summed E-state index contributed by atoms with van der Waals surface area (Å²) in [4.78, 5) is 0. The average molecular weight is 322 g/mol. The highest BCUT2D eigenvalue weighted by atomic mass is 32.1. The van der Waals surface area contributed by atoms with E-state index in [1.807, 2.05) is 6.92 Å². The number of rotatable bonds is 14. The van der Waals surface area contributed by atoms with Crippen LogP contribution < -0.4 is 5.32 Å². The highest BCUT2D eigenvalue weighted by molar-refractivity contribution is 8.11. The largest absolute Gasteiger partial charge is 0.379 e. The molecule has 1 unspecified atom stereocenters. The summed E-state index contributed by atoms with van der Waals surface area (Å²) in [7, 11) is 0. The fraction of sp³-hybridized carbons (Fsp3) is 0.933. The van der Waals surface area contributed by atoms with Gasteiger partial charge in [-0.15, -0.1) is 12.6 Å². The molecule has 0 radical (unpaired) electrons. The van der Waals surface area contributed by atoms with Crippen LogP contribution in [-0.4, -0.2) is 36.8 Å². The molecule has 0 heterocycles. The van der Waals surface area contributed by atoms with E-state index in [1.54, 1.807) is 0 Å². The normalized spacial score (nSPS) is 12.3. The smallest absolute Gasteiger partial charge is 0.130 e. The van der Waals surface area contributed by atoms with E-state index >= 15 is 0 Å². The number of hydrogen-bond acceptors (Lipinski definition) is 3. The van der Waals surface area contributed by atoms with E-state index in [0.29, 0.717) is 24.1 Å². The van der Waals surface area contributed by atoms with Gasteiger partial charge >= 0.3 is 0 Å². The van der Waals surface area contributed by atoms with Crippen LogP contribution >= 0.6 is 24.8 Å². The van der Waals surface area contributed by atoms with Crippen LogP contribution in [0.4, 0.5) is 0 Å². The maximum absolute atomic E-state index is 5.61. The van der Waals surface area contributed by atoms with Crippen LogP contribution in [0.2, 0.25) is 0 Å². The zero-order valence-electron chi connectivity index (χ0n) is 13.0. The fourth-order valence-corrected chi connectivity index (χ4v) is 2.38. The fourth-order valence-electron chi connectivity index (χ4n) is 2.03. The molecular weight excluding hydrogens is 290 g/mol. The summed E-state index contributed by atoms with van der Waals surface area (Å²) in [5.74, 6) is 0. The summed E-state index contributed by atoms with van der Waals surface area (Å²) in [6.45, 7) is 6.94. The zero-order chi connectivity index (χ0) is 15.1. The number of hydrogen-bond donors (Lipinski definition) is 2. The standard InChI is InChI=1S/C15H31NO2S2/c1-3-5-6-7-8-9-10-14(16-15(19)20)13-18-12-11-17-4-2/h14H,3-13H2,1-2H3,(H2,16,19,20). The van der Waals surface area contributed by atoms with E-state index in [2.05, 4.69) is 24.9 Å². The van der Waals surface area contributed by atoms with Crippen LogP contribution in [-0.2, 0) is 9.47 Å². The Morgan fingerprint density at radius 2 is 1.70 bits per heavy atom. The number of thiocarbonyl (C=S) groups is 1. The molecule has 0 bridgehead atoms. The van der Waals surface area contributed by atoms with E-state index in [9.17, 15) is 0 Å². The predicted molar refractivity (Wildman–Crippen MR) is 93.8 cm³/mol. The summed E-state index contributed by atoms with van der Waals surface area (Å²) in [6, 6.07) is 0.271. The molecule has 20 heavy (non-hydrogen) atoms. The van der Waals surface area contributed by atoms with Gasteiger partial charge in [0.15, 0.2) is 0 Å². The van der Waals surface area contributed by atoms with Crippen molar-refractivity contribution < 1.29 is 9.47 Å².